The van der Waals surface area contributed by atoms with Crippen LogP contribution in [0.1, 0.15) is 13.8 Å². The van der Waals surface area contributed by atoms with Crippen LogP contribution in [0.15, 0.2) is 18.3 Å². The molecule has 2 N–H and O–H groups in total. The number of carboxylic acid groups (broad SMARTS) is 1. The number of halogens is 1. The highest BCUT2D eigenvalue weighted by atomic mass is 35.5. The van der Waals surface area contributed by atoms with Crippen molar-refractivity contribution in [1.29, 1.82) is 0 Å². The summed E-state index contributed by atoms with van der Waals surface area (Å²) in [7, 11) is 0. The number of rotatable bonds is 3. The van der Waals surface area contributed by atoms with Gasteiger partial charge < -0.3 is 10.4 Å². The molecule has 0 aliphatic heterocycles. The van der Waals surface area contributed by atoms with Gasteiger partial charge in [-0.2, -0.15) is 0 Å². The van der Waals surface area contributed by atoms with Crippen LogP contribution in [0.3, 0.4) is 0 Å². The van der Waals surface area contributed by atoms with E-state index in [1.165, 1.54) is 12.3 Å². The fraction of sp³-hybridized carbons (Fsp3) is 0.417. The predicted octanol–water partition coefficient (Wildman–Crippen LogP) is 2.03. The maximum absolute atomic E-state index is 12.0. The van der Waals surface area contributed by atoms with Crippen molar-refractivity contribution >= 4 is 29.3 Å². The third kappa shape index (κ3) is 2.18. The summed E-state index contributed by atoms with van der Waals surface area (Å²) in [6.45, 7) is 3.53. The average Bonchev–Trinajstić information content (AvgIpc) is 2.81. The van der Waals surface area contributed by atoms with Crippen LogP contribution in [0.2, 0.25) is 5.02 Å². The van der Waals surface area contributed by atoms with Gasteiger partial charge in [-0.3, -0.25) is 9.59 Å². The lowest BCUT2D eigenvalue weighted by Gasteiger charge is -2.05. The molecule has 0 saturated heterocycles. The first-order chi connectivity index (χ1) is 8.34. The molecule has 0 spiro atoms. The molecule has 1 fully saturated rings. The van der Waals surface area contributed by atoms with Crippen LogP contribution in [0.4, 0.5) is 5.82 Å². The summed E-state index contributed by atoms with van der Waals surface area (Å²) in [5.41, 5.74) is -0.519. The van der Waals surface area contributed by atoms with E-state index in [1.807, 2.05) is 0 Å². The van der Waals surface area contributed by atoms with E-state index >= 15 is 0 Å². The number of carbonyl (C=O) groups is 2. The van der Waals surface area contributed by atoms with Crippen molar-refractivity contribution in [3.05, 3.63) is 23.4 Å². The number of nitrogens with one attached hydrogen (secondary N) is 1. The number of carbonyl (C=O) groups excluding carboxylic acids is 1. The van der Waals surface area contributed by atoms with Crippen LogP contribution >= 0.6 is 11.6 Å². The Morgan fingerprint density at radius 2 is 2.11 bits per heavy atom. The minimum Gasteiger partial charge on any atom is -0.481 e. The largest absolute Gasteiger partial charge is 0.481 e. The van der Waals surface area contributed by atoms with Gasteiger partial charge in [-0.25, -0.2) is 4.98 Å². The molecule has 5 nitrogen and oxygen atoms in total. The van der Waals surface area contributed by atoms with Crippen molar-refractivity contribution in [2.45, 2.75) is 13.8 Å². The van der Waals surface area contributed by atoms with Gasteiger partial charge in [0.15, 0.2) is 0 Å². The maximum atomic E-state index is 12.0. The predicted molar refractivity (Wildman–Crippen MR) is 66.3 cm³/mol. The molecule has 1 aromatic rings. The van der Waals surface area contributed by atoms with Crippen LogP contribution in [-0.4, -0.2) is 22.0 Å². The van der Waals surface area contributed by atoms with Crippen LogP contribution < -0.4 is 5.32 Å². The molecule has 0 radical (unpaired) electrons. The van der Waals surface area contributed by atoms with Crippen LogP contribution in [-0.2, 0) is 9.59 Å². The molecule has 6 heteroatoms. The van der Waals surface area contributed by atoms with Crippen molar-refractivity contribution in [2.75, 3.05) is 5.32 Å². The Morgan fingerprint density at radius 3 is 2.61 bits per heavy atom. The summed E-state index contributed by atoms with van der Waals surface area (Å²) in [5.74, 6) is -2.12. The van der Waals surface area contributed by atoms with E-state index in [1.54, 1.807) is 19.9 Å². The number of aliphatic carboxylic acids is 1. The SMILES string of the molecule is CC1(C)[C@H](C(=O)O)[C@H]1C(=O)Nc1cc(Cl)ccn1. The Labute approximate surface area is 109 Å². The third-order valence-corrected chi connectivity index (χ3v) is 3.58. The van der Waals surface area contributed by atoms with E-state index in [9.17, 15) is 9.59 Å². The van der Waals surface area contributed by atoms with Gasteiger partial charge in [-0.15, -0.1) is 0 Å². The first kappa shape index (κ1) is 12.8. The normalized spacial score (nSPS) is 24.4. The van der Waals surface area contributed by atoms with Gasteiger partial charge in [0.2, 0.25) is 5.91 Å². The number of hydrogen-bond donors (Lipinski definition) is 2. The fourth-order valence-corrected chi connectivity index (χ4v) is 2.42. The Bertz CT molecular complexity index is 516. The molecule has 1 aromatic heterocycles. The Hall–Kier alpha value is -1.62. The van der Waals surface area contributed by atoms with E-state index < -0.39 is 23.2 Å². The lowest BCUT2D eigenvalue weighted by atomic mass is 10.1. The van der Waals surface area contributed by atoms with Gasteiger partial charge in [0.05, 0.1) is 11.8 Å². The minimum atomic E-state index is -0.945. The zero-order valence-corrected chi connectivity index (χ0v) is 10.7. The molecular weight excluding hydrogens is 256 g/mol. The van der Waals surface area contributed by atoms with E-state index in [4.69, 9.17) is 16.7 Å². The quantitative estimate of drug-likeness (QED) is 0.879. The van der Waals surface area contributed by atoms with E-state index in [0.717, 1.165) is 0 Å². The van der Waals surface area contributed by atoms with Gasteiger partial charge >= 0.3 is 5.97 Å². The Morgan fingerprint density at radius 1 is 1.44 bits per heavy atom. The summed E-state index contributed by atoms with van der Waals surface area (Å²) in [5, 5.41) is 12.1. The van der Waals surface area contributed by atoms with Gasteiger partial charge in [-0.1, -0.05) is 25.4 Å². The lowest BCUT2D eigenvalue weighted by Crippen LogP contribution is -2.18. The maximum Gasteiger partial charge on any atom is 0.307 e. The molecule has 2 atom stereocenters. The highest BCUT2D eigenvalue weighted by Crippen LogP contribution is 2.58. The van der Waals surface area contributed by atoms with E-state index in [2.05, 4.69) is 10.3 Å². The van der Waals surface area contributed by atoms with E-state index in [0.29, 0.717) is 10.8 Å². The molecule has 0 aromatic carbocycles. The van der Waals surface area contributed by atoms with Gasteiger partial charge in [0, 0.05) is 11.2 Å². The Kier molecular flexibility index (Phi) is 3.02. The lowest BCUT2D eigenvalue weighted by molar-refractivity contribution is -0.140. The smallest absolute Gasteiger partial charge is 0.307 e. The number of pyridine rings is 1. The fourth-order valence-electron chi connectivity index (χ4n) is 2.27. The average molecular weight is 269 g/mol. The molecule has 96 valence electrons. The van der Waals surface area contributed by atoms with Crippen molar-refractivity contribution in [2.24, 2.45) is 17.3 Å². The number of aromatic nitrogens is 1. The van der Waals surface area contributed by atoms with Crippen LogP contribution in [0.25, 0.3) is 0 Å². The summed E-state index contributed by atoms with van der Waals surface area (Å²) < 4.78 is 0. The third-order valence-electron chi connectivity index (χ3n) is 3.35. The van der Waals surface area contributed by atoms with Crippen LogP contribution in [0.5, 0.6) is 0 Å². The molecule has 1 amide bonds. The first-order valence-corrected chi connectivity index (χ1v) is 5.87. The Balaban J connectivity index is 2.08. The number of amides is 1. The van der Waals surface area contributed by atoms with Gasteiger partial charge in [0.25, 0.3) is 0 Å². The first-order valence-electron chi connectivity index (χ1n) is 5.49. The summed E-state index contributed by atoms with van der Waals surface area (Å²) in [4.78, 5) is 26.9. The molecule has 1 saturated carbocycles. The second-order valence-corrected chi connectivity index (χ2v) is 5.40. The molecule has 1 heterocycles. The monoisotopic (exact) mass is 268 g/mol. The molecule has 1 aliphatic carbocycles. The molecular formula is C12H13ClN2O3. The zero-order valence-electron chi connectivity index (χ0n) is 9.98. The number of anilines is 1. The highest BCUT2D eigenvalue weighted by Gasteiger charge is 2.65. The molecule has 1 aliphatic rings. The molecule has 2 rings (SSSR count). The van der Waals surface area contributed by atoms with Gasteiger partial charge in [-0.05, 0) is 17.5 Å². The molecule has 0 unspecified atom stereocenters. The number of hydrogen-bond acceptors (Lipinski definition) is 3. The highest BCUT2D eigenvalue weighted by molar-refractivity contribution is 6.30. The van der Waals surface area contributed by atoms with Gasteiger partial charge in [0.1, 0.15) is 5.82 Å². The second kappa shape index (κ2) is 4.24. The number of nitrogens with zero attached hydrogens (tertiary/aromatic N) is 1. The van der Waals surface area contributed by atoms with Crippen molar-refractivity contribution in [3.8, 4) is 0 Å². The van der Waals surface area contributed by atoms with Crippen LogP contribution in [0, 0.1) is 17.3 Å². The summed E-state index contributed by atoms with van der Waals surface area (Å²) in [6, 6.07) is 3.11. The topological polar surface area (TPSA) is 79.3 Å². The van der Waals surface area contributed by atoms with Crippen molar-refractivity contribution < 1.29 is 14.7 Å². The molecule has 18 heavy (non-hydrogen) atoms. The summed E-state index contributed by atoms with van der Waals surface area (Å²) in [6.07, 6.45) is 1.48. The molecule has 0 bridgehead atoms. The van der Waals surface area contributed by atoms with Crippen molar-refractivity contribution in [3.63, 3.8) is 0 Å². The summed E-state index contributed by atoms with van der Waals surface area (Å²) >= 11 is 5.77. The minimum absolute atomic E-state index is 0.331. The standard InChI is InChI=1S/C12H13ClN2O3/c1-12(2)8(9(12)11(17)18)10(16)15-7-5-6(13)3-4-14-7/h3-5,8-9H,1-2H3,(H,17,18)(H,14,15,16)/t8-,9-/m0/s1. The number of carboxylic acids is 1. The van der Waals surface area contributed by atoms with E-state index in [-0.39, 0.29) is 5.91 Å². The zero-order chi connectivity index (χ0) is 13.5. The second-order valence-electron chi connectivity index (χ2n) is 4.96. The van der Waals surface area contributed by atoms with Crippen molar-refractivity contribution in [1.82, 2.24) is 4.98 Å².